The van der Waals surface area contributed by atoms with Crippen molar-refractivity contribution in [2.75, 3.05) is 18.6 Å². The second kappa shape index (κ2) is 7.23. The van der Waals surface area contributed by atoms with Crippen LogP contribution in [0.15, 0.2) is 0 Å². The van der Waals surface area contributed by atoms with Crippen LogP contribution in [0.25, 0.3) is 0 Å². The minimum absolute atomic E-state index is 0.0686. The van der Waals surface area contributed by atoms with Crippen LogP contribution in [-0.2, 0) is 9.84 Å². The lowest BCUT2D eigenvalue weighted by molar-refractivity contribution is 0.501. The summed E-state index contributed by atoms with van der Waals surface area (Å²) in [5.41, 5.74) is 0. The van der Waals surface area contributed by atoms with E-state index in [4.69, 9.17) is 0 Å². The zero-order chi connectivity index (χ0) is 11.9. The van der Waals surface area contributed by atoms with Gasteiger partial charge in [-0.05, 0) is 25.8 Å². The molecule has 0 aliphatic heterocycles. The first-order valence-electron chi connectivity index (χ1n) is 5.72. The maximum Gasteiger partial charge on any atom is 0.148 e. The standard InChI is InChI=1S/C11H25NO2S/c1-10(2)7-5-6-8-12-11(3)9-15(4,13)14/h10-12H,5-9H2,1-4H3. The summed E-state index contributed by atoms with van der Waals surface area (Å²) < 4.78 is 22.0. The predicted octanol–water partition coefficient (Wildman–Crippen LogP) is 1.84. The third-order valence-corrected chi connectivity index (χ3v) is 3.36. The summed E-state index contributed by atoms with van der Waals surface area (Å²) in [5.74, 6) is 0.996. The van der Waals surface area contributed by atoms with E-state index in [9.17, 15) is 8.42 Å². The van der Waals surface area contributed by atoms with E-state index in [1.54, 1.807) is 0 Å². The third kappa shape index (κ3) is 11.8. The predicted molar refractivity (Wildman–Crippen MR) is 65.9 cm³/mol. The summed E-state index contributed by atoms with van der Waals surface area (Å²) in [6, 6.07) is 0.0686. The highest BCUT2D eigenvalue weighted by molar-refractivity contribution is 7.90. The van der Waals surface area contributed by atoms with E-state index in [1.807, 2.05) is 6.92 Å². The van der Waals surface area contributed by atoms with E-state index < -0.39 is 9.84 Å². The molecule has 1 unspecified atom stereocenters. The molecule has 0 bridgehead atoms. The molecule has 0 aromatic heterocycles. The van der Waals surface area contributed by atoms with Crippen molar-refractivity contribution in [3.63, 3.8) is 0 Å². The van der Waals surface area contributed by atoms with Crippen molar-refractivity contribution >= 4 is 9.84 Å². The molecule has 0 amide bonds. The molecular weight excluding hydrogens is 210 g/mol. The molecule has 0 fully saturated rings. The van der Waals surface area contributed by atoms with Gasteiger partial charge in [-0.1, -0.05) is 26.7 Å². The molecule has 1 atom stereocenters. The number of unbranched alkanes of at least 4 members (excludes halogenated alkanes) is 1. The molecule has 0 heterocycles. The maximum atomic E-state index is 11.0. The minimum Gasteiger partial charge on any atom is -0.313 e. The molecule has 4 heteroatoms. The quantitative estimate of drug-likeness (QED) is 0.653. The number of rotatable bonds is 8. The van der Waals surface area contributed by atoms with Crippen LogP contribution in [0.1, 0.15) is 40.0 Å². The van der Waals surface area contributed by atoms with Gasteiger partial charge in [0.1, 0.15) is 9.84 Å². The van der Waals surface area contributed by atoms with Gasteiger partial charge in [0.25, 0.3) is 0 Å². The molecule has 0 rings (SSSR count). The molecule has 0 aromatic carbocycles. The van der Waals surface area contributed by atoms with Gasteiger partial charge in [0.05, 0.1) is 5.75 Å². The number of hydrogen-bond donors (Lipinski definition) is 1. The second-order valence-electron chi connectivity index (χ2n) is 4.84. The highest BCUT2D eigenvalue weighted by Gasteiger charge is 2.08. The molecule has 3 nitrogen and oxygen atoms in total. The SMILES string of the molecule is CC(C)CCCCNC(C)CS(C)(=O)=O. The van der Waals surface area contributed by atoms with Gasteiger partial charge in [-0.2, -0.15) is 0 Å². The largest absolute Gasteiger partial charge is 0.313 e. The number of hydrogen-bond acceptors (Lipinski definition) is 3. The monoisotopic (exact) mass is 235 g/mol. The summed E-state index contributed by atoms with van der Waals surface area (Å²) >= 11 is 0. The van der Waals surface area contributed by atoms with Crippen molar-refractivity contribution in [2.45, 2.75) is 46.1 Å². The van der Waals surface area contributed by atoms with E-state index in [1.165, 1.54) is 19.1 Å². The Balaban J connectivity index is 3.44. The Hall–Kier alpha value is -0.0900. The summed E-state index contributed by atoms with van der Waals surface area (Å²) in [6.07, 6.45) is 4.88. The molecule has 0 aliphatic carbocycles. The summed E-state index contributed by atoms with van der Waals surface area (Å²) in [4.78, 5) is 0. The Morgan fingerprint density at radius 2 is 1.73 bits per heavy atom. The van der Waals surface area contributed by atoms with Crippen LogP contribution in [0.3, 0.4) is 0 Å². The molecule has 15 heavy (non-hydrogen) atoms. The second-order valence-corrected chi connectivity index (χ2v) is 7.02. The van der Waals surface area contributed by atoms with E-state index in [-0.39, 0.29) is 11.8 Å². The van der Waals surface area contributed by atoms with Crippen molar-refractivity contribution < 1.29 is 8.42 Å². The Morgan fingerprint density at radius 3 is 2.20 bits per heavy atom. The van der Waals surface area contributed by atoms with Gasteiger partial charge in [-0.15, -0.1) is 0 Å². The molecule has 0 saturated carbocycles. The zero-order valence-corrected chi connectivity index (χ0v) is 11.2. The normalized spacial score (nSPS) is 14.5. The lowest BCUT2D eigenvalue weighted by atomic mass is 10.1. The highest BCUT2D eigenvalue weighted by atomic mass is 32.2. The summed E-state index contributed by atoms with van der Waals surface area (Å²) in [5, 5.41) is 3.23. The fourth-order valence-electron chi connectivity index (χ4n) is 1.54. The van der Waals surface area contributed by atoms with Crippen molar-refractivity contribution in [1.29, 1.82) is 0 Å². The van der Waals surface area contributed by atoms with Crippen LogP contribution in [-0.4, -0.2) is 33.0 Å². The van der Waals surface area contributed by atoms with E-state index in [0.29, 0.717) is 0 Å². The highest BCUT2D eigenvalue weighted by Crippen LogP contribution is 2.05. The third-order valence-electron chi connectivity index (χ3n) is 2.25. The van der Waals surface area contributed by atoms with E-state index in [0.717, 1.165) is 18.9 Å². The van der Waals surface area contributed by atoms with Crippen LogP contribution in [0.2, 0.25) is 0 Å². The Bertz CT molecular complexity index is 247. The van der Waals surface area contributed by atoms with Gasteiger partial charge >= 0.3 is 0 Å². The van der Waals surface area contributed by atoms with Crippen LogP contribution >= 0.6 is 0 Å². The molecule has 0 radical (unpaired) electrons. The van der Waals surface area contributed by atoms with E-state index >= 15 is 0 Å². The molecule has 1 N–H and O–H groups in total. The molecule has 92 valence electrons. The fourth-order valence-corrected chi connectivity index (χ4v) is 2.57. The summed E-state index contributed by atoms with van der Waals surface area (Å²) in [7, 11) is -2.84. The molecule has 0 spiro atoms. The van der Waals surface area contributed by atoms with Crippen LogP contribution in [0.4, 0.5) is 0 Å². The van der Waals surface area contributed by atoms with Gasteiger partial charge < -0.3 is 5.32 Å². The van der Waals surface area contributed by atoms with Gasteiger partial charge in [0, 0.05) is 12.3 Å². The first-order chi connectivity index (χ1) is 6.81. The van der Waals surface area contributed by atoms with Gasteiger partial charge in [0.2, 0.25) is 0 Å². The van der Waals surface area contributed by atoms with Crippen LogP contribution in [0, 0.1) is 5.92 Å². The average molecular weight is 235 g/mol. The van der Waals surface area contributed by atoms with E-state index in [2.05, 4.69) is 19.2 Å². The maximum absolute atomic E-state index is 11.0. The summed E-state index contributed by atoms with van der Waals surface area (Å²) in [6.45, 7) is 7.28. The fraction of sp³-hybridized carbons (Fsp3) is 1.00. The topological polar surface area (TPSA) is 46.2 Å². The zero-order valence-electron chi connectivity index (χ0n) is 10.4. The van der Waals surface area contributed by atoms with Crippen LogP contribution < -0.4 is 5.32 Å². The molecule has 0 saturated heterocycles. The lowest BCUT2D eigenvalue weighted by Gasteiger charge is -2.12. The Morgan fingerprint density at radius 1 is 1.13 bits per heavy atom. The van der Waals surface area contributed by atoms with Crippen molar-refractivity contribution in [2.24, 2.45) is 5.92 Å². The van der Waals surface area contributed by atoms with Crippen molar-refractivity contribution in [3.8, 4) is 0 Å². The number of sulfone groups is 1. The van der Waals surface area contributed by atoms with Gasteiger partial charge in [-0.3, -0.25) is 0 Å². The first-order valence-corrected chi connectivity index (χ1v) is 7.78. The average Bonchev–Trinajstić information content (AvgIpc) is 1.99. The molecule has 0 aromatic rings. The minimum atomic E-state index is -2.84. The Labute approximate surface area is 94.6 Å². The van der Waals surface area contributed by atoms with Crippen molar-refractivity contribution in [1.82, 2.24) is 5.32 Å². The first kappa shape index (κ1) is 14.9. The van der Waals surface area contributed by atoms with Crippen LogP contribution in [0.5, 0.6) is 0 Å². The smallest absolute Gasteiger partial charge is 0.148 e. The lowest BCUT2D eigenvalue weighted by Crippen LogP contribution is -2.33. The van der Waals surface area contributed by atoms with Gasteiger partial charge in [-0.25, -0.2) is 8.42 Å². The Kier molecular flexibility index (Phi) is 7.18. The van der Waals surface area contributed by atoms with Crippen molar-refractivity contribution in [3.05, 3.63) is 0 Å². The number of nitrogens with one attached hydrogen (secondary N) is 1. The molecular formula is C11H25NO2S. The van der Waals surface area contributed by atoms with Gasteiger partial charge in [0.15, 0.2) is 0 Å². The molecule has 0 aliphatic rings.